The molecule has 98 valence electrons. The molecule has 19 heavy (non-hydrogen) atoms. The van der Waals surface area contributed by atoms with Gasteiger partial charge in [-0.2, -0.15) is 5.26 Å². The lowest BCUT2D eigenvalue weighted by atomic mass is 10.2. The van der Waals surface area contributed by atoms with Gasteiger partial charge in [-0.3, -0.25) is 0 Å². The largest absolute Gasteiger partial charge is 0.497 e. The first kappa shape index (κ1) is 13.6. The van der Waals surface area contributed by atoms with Gasteiger partial charge in [0.2, 0.25) is 0 Å². The van der Waals surface area contributed by atoms with Crippen molar-refractivity contribution >= 4 is 11.3 Å². The third-order valence-electron chi connectivity index (χ3n) is 2.82. The number of thiazole rings is 1. The molecule has 0 aliphatic heterocycles. The molecule has 0 unspecified atom stereocenters. The average molecular weight is 272 g/mol. The van der Waals surface area contributed by atoms with Crippen LogP contribution in [0.4, 0.5) is 0 Å². The summed E-state index contributed by atoms with van der Waals surface area (Å²) in [6.45, 7) is 2.13. The highest BCUT2D eigenvalue weighted by Gasteiger charge is 2.12. The molecule has 1 aromatic heterocycles. The van der Waals surface area contributed by atoms with Gasteiger partial charge in [0, 0.05) is 10.4 Å². The van der Waals surface area contributed by atoms with Crippen molar-refractivity contribution in [1.82, 2.24) is 4.98 Å². The number of benzene rings is 1. The van der Waals surface area contributed by atoms with Gasteiger partial charge in [0.25, 0.3) is 0 Å². The van der Waals surface area contributed by atoms with Gasteiger partial charge in [-0.05, 0) is 18.6 Å². The van der Waals surface area contributed by atoms with Crippen molar-refractivity contribution < 1.29 is 4.74 Å². The quantitative estimate of drug-likeness (QED) is 0.830. The number of aryl methyl sites for hydroxylation is 1. The number of ether oxygens (including phenoxy) is 1. The van der Waals surface area contributed by atoms with Crippen LogP contribution in [0.1, 0.15) is 23.9 Å². The molecule has 0 aliphatic carbocycles. The summed E-state index contributed by atoms with van der Waals surface area (Å²) in [6.07, 6.45) is 2.41. The second-order valence-corrected chi connectivity index (χ2v) is 5.29. The van der Waals surface area contributed by atoms with Gasteiger partial charge in [0.1, 0.15) is 10.8 Å². The molecule has 0 radical (unpaired) electrons. The van der Waals surface area contributed by atoms with Crippen LogP contribution in [0.25, 0.3) is 10.6 Å². The molecule has 0 saturated carbocycles. The van der Waals surface area contributed by atoms with Crippen LogP contribution in [-0.2, 0) is 12.8 Å². The van der Waals surface area contributed by atoms with E-state index >= 15 is 0 Å². The van der Waals surface area contributed by atoms with Crippen LogP contribution in [0, 0.1) is 11.3 Å². The van der Waals surface area contributed by atoms with E-state index in [-0.39, 0.29) is 0 Å². The highest BCUT2D eigenvalue weighted by molar-refractivity contribution is 7.15. The van der Waals surface area contributed by atoms with E-state index < -0.39 is 0 Å². The predicted octanol–water partition coefficient (Wildman–Crippen LogP) is 3.84. The van der Waals surface area contributed by atoms with Crippen LogP contribution in [0.15, 0.2) is 24.3 Å². The Labute approximate surface area is 117 Å². The fourth-order valence-electron chi connectivity index (χ4n) is 1.90. The van der Waals surface area contributed by atoms with Gasteiger partial charge in [-0.15, -0.1) is 11.3 Å². The standard InChI is InChI=1S/C15H16N2OS/c1-3-5-13-14(8-9-16)19-15(17-13)11-6-4-7-12(10-11)18-2/h4,6-7,10H,3,5,8H2,1-2H3. The zero-order valence-electron chi connectivity index (χ0n) is 11.1. The second-order valence-electron chi connectivity index (χ2n) is 4.21. The van der Waals surface area contributed by atoms with E-state index in [9.17, 15) is 0 Å². The molecule has 0 atom stereocenters. The Morgan fingerprint density at radius 2 is 2.26 bits per heavy atom. The van der Waals surface area contributed by atoms with E-state index in [4.69, 9.17) is 10.00 Å². The molecule has 2 rings (SSSR count). The predicted molar refractivity (Wildman–Crippen MR) is 77.4 cm³/mol. The Balaban J connectivity index is 2.38. The lowest BCUT2D eigenvalue weighted by Gasteiger charge is -2.01. The maximum Gasteiger partial charge on any atom is 0.124 e. The van der Waals surface area contributed by atoms with E-state index in [2.05, 4.69) is 18.0 Å². The van der Waals surface area contributed by atoms with E-state index in [1.807, 2.05) is 24.3 Å². The third kappa shape index (κ3) is 3.12. The Kier molecular flexibility index (Phi) is 4.53. The Bertz CT molecular complexity index is 598. The van der Waals surface area contributed by atoms with Crippen molar-refractivity contribution in [1.29, 1.82) is 5.26 Å². The summed E-state index contributed by atoms with van der Waals surface area (Å²) in [5, 5.41) is 9.85. The normalized spacial score (nSPS) is 10.2. The summed E-state index contributed by atoms with van der Waals surface area (Å²) in [5.74, 6) is 0.826. The first-order chi connectivity index (χ1) is 9.28. The fourth-order valence-corrected chi connectivity index (χ4v) is 2.94. The van der Waals surface area contributed by atoms with Crippen molar-refractivity contribution in [2.75, 3.05) is 7.11 Å². The van der Waals surface area contributed by atoms with E-state index in [0.717, 1.165) is 39.7 Å². The highest BCUT2D eigenvalue weighted by atomic mass is 32.1. The zero-order valence-corrected chi connectivity index (χ0v) is 12.0. The number of methoxy groups -OCH3 is 1. The van der Waals surface area contributed by atoms with Gasteiger partial charge >= 0.3 is 0 Å². The summed E-state index contributed by atoms with van der Waals surface area (Å²) < 4.78 is 5.23. The van der Waals surface area contributed by atoms with Gasteiger partial charge in [0.15, 0.2) is 0 Å². The number of nitrogens with zero attached hydrogens (tertiary/aromatic N) is 2. The number of hydrogen-bond donors (Lipinski definition) is 0. The Morgan fingerprint density at radius 1 is 1.42 bits per heavy atom. The van der Waals surface area contributed by atoms with Gasteiger partial charge in [0.05, 0.1) is 25.3 Å². The fraction of sp³-hybridized carbons (Fsp3) is 0.333. The lowest BCUT2D eigenvalue weighted by molar-refractivity contribution is 0.415. The SMILES string of the molecule is CCCc1nc(-c2cccc(OC)c2)sc1CC#N. The molecule has 0 fully saturated rings. The smallest absolute Gasteiger partial charge is 0.124 e. The second kappa shape index (κ2) is 6.35. The first-order valence-corrected chi connectivity index (χ1v) is 7.10. The molecule has 0 saturated heterocycles. The summed E-state index contributed by atoms with van der Waals surface area (Å²) >= 11 is 1.61. The van der Waals surface area contributed by atoms with Crippen molar-refractivity contribution in [3.05, 3.63) is 34.8 Å². The minimum atomic E-state index is 0.441. The van der Waals surface area contributed by atoms with Crippen molar-refractivity contribution in [2.45, 2.75) is 26.2 Å². The van der Waals surface area contributed by atoms with Crippen LogP contribution in [0.2, 0.25) is 0 Å². The maximum atomic E-state index is 8.88. The molecule has 2 aromatic rings. The Morgan fingerprint density at radius 3 is 2.95 bits per heavy atom. The number of rotatable bonds is 5. The molecule has 4 heteroatoms. The highest BCUT2D eigenvalue weighted by Crippen LogP contribution is 2.31. The monoisotopic (exact) mass is 272 g/mol. The van der Waals surface area contributed by atoms with E-state index in [1.54, 1.807) is 18.4 Å². The number of aromatic nitrogens is 1. The molecule has 0 N–H and O–H groups in total. The van der Waals surface area contributed by atoms with Crippen LogP contribution in [-0.4, -0.2) is 12.1 Å². The topological polar surface area (TPSA) is 45.9 Å². The van der Waals surface area contributed by atoms with Crippen molar-refractivity contribution in [3.63, 3.8) is 0 Å². The molecule has 0 aliphatic rings. The summed E-state index contributed by atoms with van der Waals surface area (Å²) in [4.78, 5) is 5.76. The molecule has 1 heterocycles. The number of nitriles is 1. The van der Waals surface area contributed by atoms with Crippen LogP contribution >= 0.6 is 11.3 Å². The van der Waals surface area contributed by atoms with E-state index in [0.29, 0.717) is 6.42 Å². The summed E-state index contributed by atoms with van der Waals surface area (Å²) in [7, 11) is 1.66. The van der Waals surface area contributed by atoms with E-state index in [1.165, 1.54) is 0 Å². The molecule has 3 nitrogen and oxygen atoms in total. The van der Waals surface area contributed by atoms with Crippen molar-refractivity contribution in [3.8, 4) is 22.4 Å². The molecule has 0 spiro atoms. The van der Waals surface area contributed by atoms with Gasteiger partial charge < -0.3 is 4.74 Å². The molecule has 1 aromatic carbocycles. The van der Waals surface area contributed by atoms with Gasteiger partial charge in [-0.1, -0.05) is 25.5 Å². The lowest BCUT2D eigenvalue weighted by Crippen LogP contribution is -1.89. The molecule has 0 amide bonds. The third-order valence-corrected chi connectivity index (χ3v) is 3.97. The molecular weight excluding hydrogens is 256 g/mol. The number of hydrogen-bond acceptors (Lipinski definition) is 4. The summed E-state index contributed by atoms with van der Waals surface area (Å²) in [5.41, 5.74) is 2.11. The van der Waals surface area contributed by atoms with Crippen LogP contribution < -0.4 is 4.74 Å². The summed E-state index contributed by atoms with van der Waals surface area (Å²) in [6, 6.07) is 10.1. The van der Waals surface area contributed by atoms with Crippen LogP contribution in [0.3, 0.4) is 0 Å². The Hall–Kier alpha value is -1.86. The first-order valence-electron chi connectivity index (χ1n) is 6.28. The average Bonchev–Trinajstić information content (AvgIpc) is 2.83. The zero-order chi connectivity index (χ0) is 13.7. The van der Waals surface area contributed by atoms with Crippen molar-refractivity contribution in [2.24, 2.45) is 0 Å². The maximum absolute atomic E-state index is 8.88. The minimum absolute atomic E-state index is 0.441. The molecular formula is C15H16N2OS. The minimum Gasteiger partial charge on any atom is -0.497 e. The van der Waals surface area contributed by atoms with Gasteiger partial charge in [-0.25, -0.2) is 4.98 Å². The van der Waals surface area contributed by atoms with Crippen LogP contribution in [0.5, 0.6) is 5.75 Å². The molecule has 0 bridgehead atoms.